The number of fused-ring (bicyclic) bond motifs is 1. The average Bonchev–Trinajstić information content (AvgIpc) is 2.86. The number of nitrogens with one attached hydrogen (secondary N) is 1. The number of aromatic amines is 1. The van der Waals surface area contributed by atoms with Crippen LogP contribution in [0.2, 0.25) is 0 Å². The van der Waals surface area contributed by atoms with Gasteiger partial charge in [-0.2, -0.15) is 5.10 Å². The van der Waals surface area contributed by atoms with Gasteiger partial charge < -0.3 is 10.5 Å². The Bertz CT molecular complexity index is 797. The molecule has 0 aliphatic rings. The van der Waals surface area contributed by atoms with Gasteiger partial charge in [0.25, 0.3) is 0 Å². The third-order valence-corrected chi connectivity index (χ3v) is 3.80. The molecule has 3 rings (SSSR count). The Labute approximate surface area is 130 Å². The summed E-state index contributed by atoms with van der Waals surface area (Å²) in [7, 11) is 0. The van der Waals surface area contributed by atoms with Crippen molar-refractivity contribution in [1.82, 2.24) is 10.2 Å². The summed E-state index contributed by atoms with van der Waals surface area (Å²) in [5.41, 5.74) is 10.8. The van der Waals surface area contributed by atoms with Gasteiger partial charge in [0.2, 0.25) is 0 Å². The number of hydrogen-bond acceptors (Lipinski definition) is 3. The topological polar surface area (TPSA) is 63.9 Å². The highest BCUT2D eigenvalue weighted by molar-refractivity contribution is 5.83. The van der Waals surface area contributed by atoms with Crippen molar-refractivity contribution < 1.29 is 4.74 Å². The fourth-order valence-electron chi connectivity index (χ4n) is 2.80. The lowest BCUT2D eigenvalue weighted by molar-refractivity contribution is 0.476. The molecule has 2 aromatic carbocycles. The molecule has 0 amide bonds. The Morgan fingerprint density at radius 1 is 1.14 bits per heavy atom. The molecule has 114 valence electrons. The predicted molar refractivity (Wildman–Crippen MR) is 90.5 cm³/mol. The maximum atomic E-state index is 6.11. The molecule has 4 heteroatoms. The summed E-state index contributed by atoms with van der Waals surface area (Å²) >= 11 is 0. The van der Waals surface area contributed by atoms with Gasteiger partial charge in [0.15, 0.2) is 0 Å². The summed E-state index contributed by atoms with van der Waals surface area (Å²) in [6.07, 6.45) is 2.03. The Kier molecular flexibility index (Phi) is 3.75. The van der Waals surface area contributed by atoms with Gasteiger partial charge in [-0.15, -0.1) is 0 Å². The summed E-state index contributed by atoms with van der Waals surface area (Å²) in [6.45, 7) is 6.18. The fourth-order valence-corrected chi connectivity index (χ4v) is 2.80. The van der Waals surface area contributed by atoms with E-state index in [1.165, 1.54) is 0 Å². The predicted octanol–water partition coefficient (Wildman–Crippen LogP) is 4.51. The van der Waals surface area contributed by atoms with Crippen LogP contribution in [0.15, 0.2) is 30.3 Å². The number of aryl methyl sites for hydroxylation is 3. The Morgan fingerprint density at radius 2 is 1.86 bits per heavy atom. The third-order valence-electron chi connectivity index (χ3n) is 3.80. The minimum absolute atomic E-state index is 0.762. The highest BCUT2D eigenvalue weighted by Gasteiger charge is 2.10. The number of H-pyrrole nitrogens is 1. The monoisotopic (exact) mass is 295 g/mol. The van der Waals surface area contributed by atoms with Crippen molar-refractivity contribution in [2.75, 3.05) is 5.73 Å². The van der Waals surface area contributed by atoms with Crippen molar-refractivity contribution >= 4 is 16.6 Å². The summed E-state index contributed by atoms with van der Waals surface area (Å²) in [5.74, 6) is 1.69. The van der Waals surface area contributed by atoms with Gasteiger partial charge in [-0.1, -0.05) is 13.3 Å². The molecule has 3 N–H and O–H groups in total. The number of nitrogens with zero attached hydrogens (tertiary/aromatic N) is 1. The molecule has 0 bridgehead atoms. The van der Waals surface area contributed by atoms with Crippen LogP contribution < -0.4 is 10.5 Å². The number of ether oxygens (including phenoxy) is 1. The van der Waals surface area contributed by atoms with Crippen molar-refractivity contribution in [3.8, 4) is 11.5 Å². The van der Waals surface area contributed by atoms with E-state index in [1.54, 1.807) is 0 Å². The molecule has 3 aromatic rings. The molecule has 0 aliphatic heterocycles. The SMILES string of the molecule is CCCc1n[nH]c2ccc(Oc3c(C)cc(N)cc3C)cc12. The number of rotatable bonds is 4. The highest BCUT2D eigenvalue weighted by atomic mass is 16.5. The van der Waals surface area contributed by atoms with Gasteiger partial charge >= 0.3 is 0 Å². The van der Waals surface area contributed by atoms with Crippen molar-refractivity contribution in [3.05, 3.63) is 47.2 Å². The highest BCUT2D eigenvalue weighted by Crippen LogP contribution is 2.32. The zero-order valence-corrected chi connectivity index (χ0v) is 13.2. The largest absolute Gasteiger partial charge is 0.457 e. The van der Waals surface area contributed by atoms with Crippen LogP contribution in [-0.4, -0.2) is 10.2 Å². The van der Waals surface area contributed by atoms with Crippen LogP contribution >= 0.6 is 0 Å². The van der Waals surface area contributed by atoms with Crippen molar-refractivity contribution in [2.45, 2.75) is 33.6 Å². The van der Waals surface area contributed by atoms with E-state index < -0.39 is 0 Å². The molecular weight excluding hydrogens is 274 g/mol. The molecule has 0 unspecified atom stereocenters. The van der Waals surface area contributed by atoms with Crippen LogP contribution in [0.5, 0.6) is 11.5 Å². The average molecular weight is 295 g/mol. The second kappa shape index (κ2) is 5.72. The minimum Gasteiger partial charge on any atom is -0.457 e. The van der Waals surface area contributed by atoms with Gasteiger partial charge in [0, 0.05) is 11.1 Å². The van der Waals surface area contributed by atoms with E-state index in [0.717, 1.165) is 57.8 Å². The standard InChI is InChI=1S/C18H21N3O/c1-4-5-16-15-10-14(6-7-17(15)21-20-16)22-18-11(2)8-13(19)9-12(18)3/h6-10H,4-5,19H2,1-3H3,(H,20,21). The first-order chi connectivity index (χ1) is 10.6. The van der Waals surface area contributed by atoms with Gasteiger partial charge in [-0.25, -0.2) is 0 Å². The van der Waals surface area contributed by atoms with E-state index in [0.29, 0.717) is 0 Å². The molecule has 1 aromatic heterocycles. The van der Waals surface area contributed by atoms with Crippen molar-refractivity contribution in [2.24, 2.45) is 0 Å². The quantitative estimate of drug-likeness (QED) is 0.696. The van der Waals surface area contributed by atoms with E-state index in [1.807, 2.05) is 38.1 Å². The normalized spacial score (nSPS) is 11.0. The molecule has 1 heterocycles. The summed E-state index contributed by atoms with van der Waals surface area (Å²) in [5, 5.41) is 8.58. The molecule has 0 saturated carbocycles. The zero-order valence-electron chi connectivity index (χ0n) is 13.2. The van der Waals surface area contributed by atoms with E-state index >= 15 is 0 Å². The van der Waals surface area contributed by atoms with Gasteiger partial charge in [0.1, 0.15) is 11.5 Å². The van der Waals surface area contributed by atoms with Crippen LogP contribution in [0, 0.1) is 13.8 Å². The molecule has 0 saturated heterocycles. The van der Waals surface area contributed by atoms with Crippen LogP contribution in [0.25, 0.3) is 10.9 Å². The first-order valence-electron chi connectivity index (χ1n) is 7.60. The minimum atomic E-state index is 0.762. The van der Waals surface area contributed by atoms with E-state index in [9.17, 15) is 0 Å². The second-order valence-electron chi connectivity index (χ2n) is 5.71. The first-order valence-corrected chi connectivity index (χ1v) is 7.60. The van der Waals surface area contributed by atoms with Gasteiger partial charge in [-0.05, 0) is 61.7 Å². The molecule has 0 radical (unpaired) electrons. The fraction of sp³-hybridized carbons (Fsp3) is 0.278. The van der Waals surface area contributed by atoms with Crippen LogP contribution in [-0.2, 0) is 6.42 Å². The van der Waals surface area contributed by atoms with Crippen molar-refractivity contribution in [3.63, 3.8) is 0 Å². The molecule has 0 aliphatic carbocycles. The van der Waals surface area contributed by atoms with Crippen LogP contribution in [0.1, 0.15) is 30.2 Å². The number of benzene rings is 2. The Morgan fingerprint density at radius 3 is 2.55 bits per heavy atom. The molecule has 4 nitrogen and oxygen atoms in total. The summed E-state index contributed by atoms with van der Waals surface area (Å²) in [6, 6.07) is 9.89. The number of hydrogen-bond donors (Lipinski definition) is 2. The number of nitrogens with two attached hydrogens (primary N) is 1. The first kappa shape index (κ1) is 14.4. The van der Waals surface area contributed by atoms with Gasteiger partial charge in [-0.3, -0.25) is 5.10 Å². The number of nitrogen functional groups attached to an aromatic ring is 1. The molecule has 0 spiro atoms. The van der Waals surface area contributed by atoms with E-state index in [-0.39, 0.29) is 0 Å². The second-order valence-corrected chi connectivity index (χ2v) is 5.71. The number of anilines is 1. The molecule has 0 fully saturated rings. The lowest BCUT2D eigenvalue weighted by Gasteiger charge is -2.13. The lowest BCUT2D eigenvalue weighted by Crippen LogP contribution is -1.94. The Hall–Kier alpha value is -2.49. The van der Waals surface area contributed by atoms with Gasteiger partial charge in [0.05, 0.1) is 11.2 Å². The molecule has 0 atom stereocenters. The van der Waals surface area contributed by atoms with E-state index in [4.69, 9.17) is 10.5 Å². The van der Waals surface area contributed by atoms with Crippen LogP contribution in [0.3, 0.4) is 0 Å². The summed E-state index contributed by atoms with van der Waals surface area (Å²) < 4.78 is 6.11. The Balaban J connectivity index is 1.99. The van der Waals surface area contributed by atoms with Crippen molar-refractivity contribution in [1.29, 1.82) is 0 Å². The van der Waals surface area contributed by atoms with Crippen LogP contribution in [0.4, 0.5) is 5.69 Å². The molecule has 22 heavy (non-hydrogen) atoms. The van der Waals surface area contributed by atoms with E-state index in [2.05, 4.69) is 23.2 Å². The number of aromatic nitrogens is 2. The lowest BCUT2D eigenvalue weighted by atomic mass is 10.1. The smallest absolute Gasteiger partial charge is 0.133 e. The maximum Gasteiger partial charge on any atom is 0.133 e. The maximum absolute atomic E-state index is 6.11. The molecular formula is C18H21N3O. The zero-order chi connectivity index (χ0) is 15.7. The summed E-state index contributed by atoms with van der Waals surface area (Å²) in [4.78, 5) is 0. The third kappa shape index (κ3) is 2.64.